The Morgan fingerprint density at radius 2 is 2.13 bits per heavy atom. The molecule has 0 saturated carbocycles. The van der Waals surface area contributed by atoms with Gasteiger partial charge in [0.15, 0.2) is 5.78 Å². The van der Waals surface area contributed by atoms with Crippen molar-refractivity contribution in [1.29, 1.82) is 0 Å². The van der Waals surface area contributed by atoms with Gasteiger partial charge in [0.05, 0.1) is 11.1 Å². The zero-order valence-electron chi connectivity index (χ0n) is 8.76. The predicted octanol–water partition coefficient (Wildman–Crippen LogP) is 1.79. The van der Waals surface area contributed by atoms with Gasteiger partial charge in [0.1, 0.15) is 0 Å². The largest absolute Gasteiger partial charge is 0.478 e. The van der Waals surface area contributed by atoms with Gasteiger partial charge < -0.3 is 10.1 Å². The summed E-state index contributed by atoms with van der Waals surface area (Å²) in [5.41, 5.74) is 1.92. The standard InChI is InChI=1S/C11H13NO3/c1-5-3-7-10(8(13)4-5)9(11(14)15)6(2)12-7/h5,12H,3-4H2,1-2H3,(H,14,15). The van der Waals surface area contributed by atoms with E-state index in [1.807, 2.05) is 6.92 Å². The molecule has 4 nitrogen and oxygen atoms in total. The number of carbonyl (C=O) groups is 2. The number of nitrogens with one attached hydrogen (secondary N) is 1. The summed E-state index contributed by atoms with van der Waals surface area (Å²) in [5.74, 6) is -0.775. The lowest BCUT2D eigenvalue weighted by atomic mass is 9.86. The van der Waals surface area contributed by atoms with Crippen LogP contribution in [0.2, 0.25) is 0 Å². The lowest BCUT2D eigenvalue weighted by Gasteiger charge is -2.17. The molecular weight excluding hydrogens is 194 g/mol. The summed E-state index contributed by atoms with van der Waals surface area (Å²) in [4.78, 5) is 25.8. The van der Waals surface area contributed by atoms with Crippen molar-refractivity contribution in [2.24, 2.45) is 5.92 Å². The van der Waals surface area contributed by atoms with Crippen LogP contribution < -0.4 is 0 Å². The second-order valence-electron chi connectivity index (χ2n) is 4.22. The Kier molecular flexibility index (Phi) is 2.14. The van der Waals surface area contributed by atoms with Gasteiger partial charge in [-0.25, -0.2) is 4.79 Å². The summed E-state index contributed by atoms with van der Waals surface area (Å²) in [6.07, 6.45) is 1.21. The van der Waals surface area contributed by atoms with Crippen LogP contribution in [0.4, 0.5) is 0 Å². The average Bonchev–Trinajstić information content (AvgIpc) is 2.40. The zero-order chi connectivity index (χ0) is 11.2. The lowest BCUT2D eigenvalue weighted by molar-refractivity contribution is 0.0690. The number of ketones is 1. The Labute approximate surface area is 87.3 Å². The van der Waals surface area contributed by atoms with Crippen molar-refractivity contribution in [1.82, 2.24) is 4.98 Å². The topological polar surface area (TPSA) is 70.2 Å². The van der Waals surface area contributed by atoms with E-state index in [-0.39, 0.29) is 11.3 Å². The number of carbonyl (C=O) groups excluding carboxylic acids is 1. The number of Topliss-reactive ketones (excluding diaryl/α,β-unsaturated/α-hetero) is 1. The van der Waals surface area contributed by atoms with Gasteiger partial charge >= 0.3 is 5.97 Å². The van der Waals surface area contributed by atoms with Crippen LogP contribution in [0.5, 0.6) is 0 Å². The van der Waals surface area contributed by atoms with E-state index in [0.717, 1.165) is 12.1 Å². The van der Waals surface area contributed by atoms with Gasteiger partial charge in [-0.3, -0.25) is 4.79 Å². The number of carboxylic acid groups (broad SMARTS) is 1. The third kappa shape index (κ3) is 1.46. The molecular formula is C11H13NO3. The minimum Gasteiger partial charge on any atom is -0.478 e. The fourth-order valence-corrected chi connectivity index (χ4v) is 2.26. The van der Waals surface area contributed by atoms with Crippen molar-refractivity contribution in [2.75, 3.05) is 0 Å². The second-order valence-corrected chi connectivity index (χ2v) is 4.22. The number of aromatic carboxylic acids is 1. The molecule has 2 rings (SSSR count). The molecule has 1 unspecified atom stereocenters. The van der Waals surface area contributed by atoms with Crippen LogP contribution >= 0.6 is 0 Å². The molecule has 1 aliphatic rings. The first kappa shape index (κ1) is 9.96. The predicted molar refractivity (Wildman–Crippen MR) is 54.3 cm³/mol. The van der Waals surface area contributed by atoms with Crippen LogP contribution in [0.15, 0.2) is 0 Å². The van der Waals surface area contributed by atoms with E-state index in [2.05, 4.69) is 4.98 Å². The van der Waals surface area contributed by atoms with Crippen molar-refractivity contribution >= 4 is 11.8 Å². The highest BCUT2D eigenvalue weighted by atomic mass is 16.4. The molecule has 0 aliphatic heterocycles. The molecule has 0 amide bonds. The SMILES string of the molecule is Cc1[nH]c2c(c1C(=O)O)C(=O)CC(C)C2. The summed E-state index contributed by atoms with van der Waals surface area (Å²) < 4.78 is 0. The van der Waals surface area contributed by atoms with Gasteiger partial charge in [-0.1, -0.05) is 6.92 Å². The summed E-state index contributed by atoms with van der Waals surface area (Å²) in [6.45, 7) is 3.69. The van der Waals surface area contributed by atoms with Crippen molar-refractivity contribution < 1.29 is 14.7 Å². The van der Waals surface area contributed by atoms with E-state index < -0.39 is 5.97 Å². The van der Waals surface area contributed by atoms with Crippen LogP contribution in [-0.4, -0.2) is 21.8 Å². The first-order valence-corrected chi connectivity index (χ1v) is 4.98. The molecule has 15 heavy (non-hydrogen) atoms. The van der Waals surface area contributed by atoms with Crippen LogP contribution in [-0.2, 0) is 6.42 Å². The highest BCUT2D eigenvalue weighted by Gasteiger charge is 2.30. The Morgan fingerprint density at radius 3 is 2.73 bits per heavy atom. The maximum Gasteiger partial charge on any atom is 0.338 e. The molecule has 1 aromatic heterocycles. The molecule has 0 radical (unpaired) electrons. The summed E-state index contributed by atoms with van der Waals surface area (Å²) in [5, 5.41) is 9.02. The number of H-pyrrole nitrogens is 1. The number of rotatable bonds is 1. The lowest BCUT2D eigenvalue weighted by Crippen LogP contribution is -2.19. The fraction of sp³-hybridized carbons (Fsp3) is 0.455. The summed E-state index contributed by atoms with van der Waals surface area (Å²) in [6, 6.07) is 0. The number of aromatic amines is 1. The van der Waals surface area contributed by atoms with E-state index in [9.17, 15) is 9.59 Å². The number of hydrogen-bond acceptors (Lipinski definition) is 2. The molecule has 80 valence electrons. The Hall–Kier alpha value is -1.58. The van der Waals surface area contributed by atoms with E-state index in [4.69, 9.17) is 5.11 Å². The number of carboxylic acids is 1. The van der Waals surface area contributed by atoms with Crippen LogP contribution in [0, 0.1) is 12.8 Å². The molecule has 2 N–H and O–H groups in total. The molecule has 1 aromatic rings. The number of aromatic nitrogens is 1. The first-order chi connectivity index (χ1) is 7.00. The van der Waals surface area contributed by atoms with E-state index in [1.165, 1.54) is 0 Å². The quantitative estimate of drug-likeness (QED) is 0.737. The molecule has 4 heteroatoms. The van der Waals surface area contributed by atoms with Crippen LogP contribution in [0.1, 0.15) is 45.4 Å². The third-order valence-electron chi connectivity index (χ3n) is 2.84. The van der Waals surface area contributed by atoms with E-state index in [0.29, 0.717) is 23.6 Å². The van der Waals surface area contributed by atoms with Gasteiger partial charge in [-0.15, -0.1) is 0 Å². The monoisotopic (exact) mass is 207 g/mol. The van der Waals surface area contributed by atoms with E-state index in [1.54, 1.807) is 6.92 Å². The maximum atomic E-state index is 11.8. The van der Waals surface area contributed by atoms with Gasteiger partial charge in [-0.2, -0.15) is 0 Å². The molecule has 1 aliphatic carbocycles. The smallest absolute Gasteiger partial charge is 0.338 e. The van der Waals surface area contributed by atoms with Crippen molar-refractivity contribution in [3.05, 3.63) is 22.5 Å². The first-order valence-electron chi connectivity index (χ1n) is 4.98. The number of aryl methyl sites for hydroxylation is 1. The molecule has 0 spiro atoms. The minimum absolute atomic E-state index is 0.0505. The van der Waals surface area contributed by atoms with Crippen molar-refractivity contribution in [3.8, 4) is 0 Å². The summed E-state index contributed by atoms with van der Waals surface area (Å²) in [7, 11) is 0. The molecule has 1 atom stereocenters. The normalized spacial score (nSPS) is 20.1. The number of fused-ring (bicyclic) bond motifs is 1. The maximum absolute atomic E-state index is 11.8. The minimum atomic E-state index is -1.02. The Balaban J connectivity index is 2.61. The van der Waals surface area contributed by atoms with Gasteiger partial charge in [0.25, 0.3) is 0 Å². The number of hydrogen-bond donors (Lipinski definition) is 2. The molecule has 0 bridgehead atoms. The molecule has 1 heterocycles. The second kappa shape index (κ2) is 3.22. The Bertz CT molecular complexity index is 445. The third-order valence-corrected chi connectivity index (χ3v) is 2.84. The van der Waals surface area contributed by atoms with Crippen LogP contribution in [0.3, 0.4) is 0 Å². The highest BCUT2D eigenvalue weighted by molar-refractivity contribution is 6.08. The fourth-order valence-electron chi connectivity index (χ4n) is 2.26. The van der Waals surface area contributed by atoms with Gasteiger partial charge in [-0.05, 0) is 19.3 Å². The van der Waals surface area contributed by atoms with Crippen LogP contribution in [0.25, 0.3) is 0 Å². The molecule has 0 aromatic carbocycles. The van der Waals surface area contributed by atoms with Gasteiger partial charge in [0, 0.05) is 17.8 Å². The molecule has 0 fully saturated rings. The van der Waals surface area contributed by atoms with E-state index >= 15 is 0 Å². The molecule has 0 saturated heterocycles. The zero-order valence-corrected chi connectivity index (χ0v) is 8.76. The van der Waals surface area contributed by atoms with Crippen molar-refractivity contribution in [2.45, 2.75) is 26.7 Å². The van der Waals surface area contributed by atoms with Crippen molar-refractivity contribution in [3.63, 3.8) is 0 Å². The highest BCUT2D eigenvalue weighted by Crippen LogP contribution is 2.29. The van der Waals surface area contributed by atoms with Gasteiger partial charge in [0.2, 0.25) is 0 Å². The summed E-state index contributed by atoms with van der Waals surface area (Å²) >= 11 is 0. The average molecular weight is 207 g/mol. The Morgan fingerprint density at radius 1 is 1.47 bits per heavy atom.